The number of anilines is 1. The molecule has 3 heterocycles. The van der Waals surface area contributed by atoms with E-state index in [2.05, 4.69) is 33.5 Å². The molecule has 3 heteroatoms. The third kappa shape index (κ3) is 1.72. The zero-order valence-electron chi connectivity index (χ0n) is 8.95. The summed E-state index contributed by atoms with van der Waals surface area (Å²) in [5, 5.41) is 3.29. The minimum atomic E-state index is 0.699. The van der Waals surface area contributed by atoms with Gasteiger partial charge in [-0.15, -0.1) is 0 Å². The van der Waals surface area contributed by atoms with E-state index in [9.17, 15) is 0 Å². The molecule has 0 radical (unpaired) electrons. The molecule has 0 aromatic carbocycles. The maximum absolute atomic E-state index is 4.56. The van der Waals surface area contributed by atoms with Gasteiger partial charge in [-0.3, -0.25) is 0 Å². The summed E-state index contributed by atoms with van der Waals surface area (Å²) in [6, 6.07) is 4.42. The average Bonchev–Trinajstić information content (AvgIpc) is 2.69. The molecule has 3 rings (SSSR count). The van der Waals surface area contributed by atoms with Crippen molar-refractivity contribution in [2.45, 2.75) is 18.8 Å². The molecular formula is C12H17N3. The van der Waals surface area contributed by atoms with Crippen molar-refractivity contribution < 1.29 is 0 Å². The van der Waals surface area contributed by atoms with Gasteiger partial charge in [-0.2, -0.15) is 0 Å². The second kappa shape index (κ2) is 3.81. The third-order valence-electron chi connectivity index (χ3n) is 3.45. The van der Waals surface area contributed by atoms with E-state index in [0.717, 1.165) is 18.9 Å². The maximum Gasteiger partial charge on any atom is 0.128 e. The summed E-state index contributed by atoms with van der Waals surface area (Å²) < 4.78 is 0. The summed E-state index contributed by atoms with van der Waals surface area (Å²) in [5.74, 6) is 1.86. The first kappa shape index (κ1) is 9.16. The second-order valence-electron chi connectivity index (χ2n) is 4.50. The predicted molar refractivity (Wildman–Crippen MR) is 61.3 cm³/mol. The monoisotopic (exact) mass is 203 g/mol. The molecule has 0 amide bonds. The Morgan fingerprint density at radius 3 is 2.53 bits per heavy atom. The fourth-order valence-corrected chi connectivity index (χ4v) is 2.30. The number of nitrogens with one attached hydrogen (secondary N) is 1. The van der Waals surface area contributed by atoms with E-state index < -0.39 is 0 Å². The fourth-order valence-electron chi connectivity index (χ4n) is 2.30. The van der Waals surface area contributed by atoms with Gasteiger partial charge in [0.25, 0.3) is 0 Å². The zero-order valence-corrected chi connectivity index (χ0v) is 8.95. The van der Waals surface area contributed by atoms with Crippen LogP contribution in [0.2, 0.25) is 0 Å². The van der Waals surface area contributed by atoms with Crippen LogP contribution in [0.4, 0.5) is 5.82 Å². The molecule has 3 nitrogen and oxygen atoms in total. The molecule has 2 fully saturated rings. The van der Waals surface area contributed by atoms with Crippen LogP contribution in [-0.2, 0) is 0 Å². The SMILES string of the molecule is c1cc(N2CCCC2)ncc1C1CNC1. The minimum Gasteiger partial charge on any atom is -0.357 e. The van der Waals surface area contributed by atoms with Gasteiger partial charge in [0.05, 0.1) is 0 Å². The lowest BCUT2D eigenvalue weighted by atomic mass is 9.95. The molecule has 0 saturated carbocycles. The zero-order chi connectivity index (χ0) is 10.1. The highest BCUT2D eigenvalue weighted by atomic mass is 15.2. The topological polar surface area (TPSA) is 28.2 Å². The number of rotatable bonds is 2. The molecule has 1 aromatic rings. The number of hydrogen-bond donors (Lipinski definition) is 1. The van der Waals surface area contributed by atoms with Crippen molar-refractivity contribution in [3.63, 3.8) is 0 Å². The summed E-state index contributed by atoms with van der Waals surface area (Å²) >= 11 is 0. The average molecular weight is 203 g/mol. The van der Waals surface area contributed by atoms with Gasteiger partial charge in [-0.1, -0.05) is 6.07 Å². The van der Waals surface area contributed by atoms with Crippen molar-refractivity contribution >= 4 is 5.82 Å². The van der Waals surface area contributed by atoms with Gasteiger partial charge in [-0.25, -0.2) is 4.98 Å². The standard InChI is InChI=1S/C12H17N3/c1-2-6-15(5-1)12-4-3-10(9-14-12)11-7-13-8-11/h3-4,9,11,13H,1-2,5-8H2. The molecule has 2 aliphatic rings. The molecule has 0 aliphatic carbocycles. The van der Waals surface area contributed by atoms with Crippen molar-refractivity contribution in [1.82, 2.24) is 10.3 Å². The van der Waals surface area contributed by atoms with E-state index >= 15 is 0 Å². The summed E-state index contributed by atoms with van der Waals surface area (Å²) in [5.41, 5.74) is 1.39. The van der Waals surface area contributed by atoms with Crippen LogP contribution in [0.5, 0.6) is 0 Å². The smallest absolute Gasteiger partial charge is 0.128 e. The number of nitrogens with zero attached hydrogens (tertiary/aromatic N) is 2. The lowest BCUT2D eigenvalue weighted by molar-refractivity contribution is 0.447. The van der Waals surface area contributed by atoms with Gasteiger partial charge in [0.15, 0.2) is 0 Å². The quantitative estimate of drug-likeness (QED) is 0.787. The van der Waals surface area contributed by atoms with E-state index in [1.54, 1.807) is 0 Å². The Labute approximate surface area is 90.5 Å². The van der Waals surface area contributed by atoms with Crippen molar-refractivity contribution in [3.05, 3.63) is 23.9 Å². The molecule has 1 N–H and O–H groups in total. The second-order valence-corrected chi connectivity index (χ2v) is 4.50. The molecule has 80 valence electrons. The maximum atomic E-state index is 4.56. The lowest BCUT2D eigenvalue weighted by Gasteiger charge is -2.27. The first-order valence-electron chi connectivity index (χ1n) is 5.85. The van der Waals surface area contributed by atoms with Crippen LogP contribution in [0.1, 0.15) is 24.3 Å². The molecular weight excluding hydrogens is 186 g/mol. The molecule has 0 spiro atoms. The van der Waals surface area contributed by atoms with Gasteiger partial charge in [-0.05, 0) is 24.5 Å². The highest BCUT2D eigenvalue weighted by molar-refractivity contribution is 5.41. The van der Waals surface area contributed by atoms with Gasteiger partial charge in [0, 0.05) is 38.3 Å². The van der Waals surface area contributed by atoms with E-state index in [1.807, 2.05) is 0 Å². The first-order valence-corrected chi connectivity index (χ1v) is 5.85. The minimum absolute atomic E-state index is 0.699. The lowest BCUT2D eigenvalue weighted by Crippen LogP contribution is -2.39. The Morgan fingerprint density at radius 1 is 1.20 bits per heavy atom. The largest absolute Gasteiger partial charge is 0.357 e. The van der Waals surface area contributed by atoms with E-state index in [-0.39, 0.29) is 0 Å². The van der Waals surface area contributed by atoms with Crippen molar-refractivity contribution in [3.8, 4) is 0 Å². The Morgan fingerprint density at radius 2 is 2.00 bits per heavy atom. The van der Waals surface area contributed by atoms with Gasteiger partial charge in [0.2, 0.25) is 0 Å². The van der Waals surface area contributed by atoms with Gasteiger partial charge < -0.3 is 10.2 Å². The van der Waals surface area contributed by atoms with Crippen molar-refractivity contribution in [2.75, 3.05) is 31.1 Å². The van der Waals surface area contributed by atoms with Gasteiger partial charge >= 0.3 is 0 Å². The summed E-state index contributed by atoms with van der Waals surface area (Å²) in [6.07, 6.45) is 4.69. The molecule has 0 unspecified atom stereocenters. The van der Waals surface area contributed by atoms with Crippen LogP contribution in [0, 0.1) is 0 Å². The van der Waals surface area contributed by atoms with Crippen LogP contribution < -0.4 is 10.2 Å². The fraction of sp³-hybridized carbons (Fsp3) is 0.583. The Bertz CT molecular complexity index is 323. The Balaban J connectivity index is 1.74. The summed E-state index contributed by atoms with van der Waals surface area (Å²) in [4.78, 5) is 6.94. The molecule has 2 aliphatic heterocycles. The Kier molecular flexibility index (Phi) is 2.33. The number of hydrogen-bond acceptors (Lipinski definition) is 3. The van der Waals surface area contributed by atoms with Crippen LogP contribution in [0.15, 0.2) is 18.3 Å². The van der Waals surface area contributed by atoms with Crippen molar-refractivity contribution in [2.24, 2.45) is 0 Å². The highest BCUT2D eigenvalue weighted by Gasteiger charge is 2.19. The predicted octanol–water partition coefficient (Wildman–Crippen LogP) is 1.37. The highest BCUT2D eigenvalue weighted by Crippen LogP contribution is 2.22. The van der Waals surface area contributed by atoms with E-state index in [1.165, 1.54) is 31.5 Å². The molecule has 1 aromatic heterocycles. The van der Waals surface area contributed by atoms with Crippen LogP contribution in [0.3, 0.4) is 0 Å². The number of aromatic nitrogens is 1. The molecule has 2 saturated heterocycles. The Hall–Kier alpha value is -1.09. The van der Waals surface area contributed by atoms with Crippen LogP contribution >= 0.6 is 0 Å². The van der Waals surface area contributed by atoms with E-state index in [0.29, 0.717) is 5.92 Å². The summed E-state index contributed by atoms with van der Waals surface area (Å²) in [7, 11) is 0. The van der Waals surface area contributed by atoms with Crippen LogP contribution in [0.25, 0.3) is 0 Å². The normalized spacial score (nSPS) is 21.7. The third-order valence-corrected chi connectivity index (χ3v) is 3.45. The van der Waals surface area contributed by atoms with Crippen LogP contribution in [-0.4, -0.2) is 31.2 Å². The molecule has 0 bridgehead atoms. The van der Waals surface area contributed by atoms with Crippen molar-refractivity contribution in [1.29, 1.82) is 0 Å². The first-order chi connectivity index (χ1) is 7.43. The van der Waals surface area contributed by atoms with Gasteiger partial charge in [0.1, 0.15) is 5.82 Å². The molecule has 0 atom stereocenters. The number of pyridine rings is 1. The van der Waals surface area contributed by atoms with E-state index in [4.69, 9.17) is 0 Å². The molecule has 15 heavy (non-hydrogen) atoms. The summed E-state index contributed by atoms with van der Waals surface area (Å²) in [6.45, 7) is 4.59.